The molecule has 338 valence electrons. The van der Waals surface area contributed by atoms with E-state index in [2.05, 4.69) is 77.0 Å². The molecule has 2 N–H and O–H groups in total. The molecule has 4 atom stereocenters. The van der Waals surface area contributed by atoms with Gasteiger partial charge in [0.1, 0.15) is 11.9 Å². The Kier molecular flexibility index (Phi) is 12.1. The number of nitrogens with one attached hydrogen (secondary N) is 2. The summed E-state index contributed by atoms with van der Waals surface area (Å²) in [5.74, 6) is -0.475. The van der Waals surface area contributed by atoms with Gasteiger partial charge in [-0.25, -0.2) is 9.78 Å². The Hall–Kier alpha value is -6.86. The van der Waals surface area contributed by atoms with Gasteiger partial charge in [0.05, 0.1) is 56.2 Å². The number of ether oxygens (including phenoxy) is 3. The molecule has 1 aromatic heterocycles. The average Bonchev–Trinajstić information content (AvgIpc) is 4.21. The van der Waals surface area contributed by atoms with Gasteiger partial charge in [0.15, 0.2) is 0 Å². The summed E-state index contributed by atoms with van der Waals surface area (Å²) in [6.07, 6.45) is 6.64. The molecule has 3 fully saturated rings. The SMILES string of the molecule is COC(=O)C[C@@H](C(=O)N1CCC[C@H]1C1=Nc2ccc3cc(-c4ccc5cc(-c6cnc([C@@H]7CCCN7C(=O)[C@@H](NC(=O)OC)C7CCOCC7)[nH]6)ccc5c4)ccc3c2C1)c1ccccc1. The van der Waals surface area contributed by atoms with Crippen molar-refractivity contribution in [3.05, 3.63) is 120 Å². The molecule has 3 amide bonds. The quantitative estimate of drug-likeness (QED) is 0.122. The van der Waals surface area contributed by atoms with E-state index in [1.807, 2.05) is 46.3 Å². The molecule has 3 saturated heterocycles. The predicted molar refractivity (Wildman–Crippen MR) is 252 cm³/mol. The standard InChI is InChI=1S/C53H54N6O7/c1-64-48(60)30-41(32-8-4-3-5-9-32)51(61)58-22-6-10-46(58)44-29-42-40-18-16-37(27-38(40)17-19-43(42)55-44)34-12-13-36-28-39(15-14-35(36)26-34)45-31-54-50(56-45)47-11-7-23-59(47)52(62)49(57-53(63)65-2)33-20-24-66-25-21-33/h3-5,8-9,12-19,26-28,31,33,41,46-47,49H,6-7,10-11,20-25,29-30H2,1-2H3,(H,54,56)(H,57,63)/t41-,46+,47+,49+/m1/s1. The number of imidazole rings is 1. The zero-order valence-electron chi connectivity index (χ0n) is 37.3. The maximum atomic E-state index is 14.2. The monoisotopic (exact) mass is 886 g/mol. The summed E-state index contributed by atoms with van der Waals surface area (Å²) < 4.78 is 15.4. The van der Waals surface area contributed by atoms with E-state index in [0.29, 0.717) is 45.6 Å². The highest BCUT2D eigenvalue weighted by Crippen LogP contribution is 2.40. The highest BCUT2D eigenvalue weighted by Gasteiger charge is 2.41. The fourth-order valence-electron chi connectivity index (χ4n) is 10.6. The van der Waals surface area contributed by atoms with Crippen LogP contribution in [0.4, 0.5) is 10.5 Å². The number of benzene rings is 5. The summed E-state index contributed by atoms with van der Waals surface area (Å²) in [7, 11) is 2.67. The molecule has 4 aliphatic rings. The molecule has 0 spiro atoms. The Bertz CT molecular complexity index is 2850. The Morgan fingerprint density at radius 2 is 1.42 bits per heavy atom. The molecule has 10 rings (SSSR count). The molecule has 0 aliphatic carbocycles. The molecular formula is C53H54N6O7. The van der Waals surface area contributed by atoms with Crippen molar-refractivity contribution in [3.8, 4) is 22.4 Å². The summed E-state index contributed by atoms with van der Waals surface area (Å²) in [5.41, 5.74) is 8.05. The van der Waals surface area contributed by atoms with Crippen molar-refractivity contribution in [3.63, 3.8) is 0 Å². The summed E-state index contributed by atoms with van der Waals surface area (Å²) in [4.78, 5) is 70.2. The van der Waals surface area contributed by atoms with Crippen LogP contribution in [0.15, 0.2) is 108 Å². The van der Waals surface area contributed by atoms with Crippen molar-refractivity contribution in [2.24, 2.45) is 10.9 Å². The number of likely N-dealkylation sites (tertiary alicyclic amines) is 2. The van der Waals surface area contributed by atoms with Crippen molar-refractivity contribution in [1.82, 2.24) is 25.1 Å². The van der Waals surface area contributed by atoms with Gasteiger partial charge >= 0.3 is 12.1 Å². The van der Waals surface area contributed by atoms with Gasteiger partial charge in [0, 0.05) is 44.0 Å². The number of hydrogen-bond acceptors (Lipinski definition) is 9. The van der Waals surface area contributed by atoms with Gasteiger partial charge < -0.3 is 34.3 Å². The molecule has 6 aromatic rings. The molecular weight excluding hydrogens is 833 g/mol. The number of rotatable bonds is 11. The third-order valence-electron chi connectivity index (χ3n) is 14.1. The fraction of sp³-hybridized carbons (Fsp3) is 0.358. The first kappa shape index (κ1) is 43.1. The molecule has 13 nitrogen and oxygen atoms in total. The van der Waals surface area contributed by atoms with Gasteiger partial charge in [-0.15, -0.1) is 0 Å². The predicted octanol–water partition coefficient (Wildman–Crippen LogP) is 8.83. The van der Waals surface area contributed by atoms with E-state index in [4.69, 9.17) is 24.2 Å². The summed E-state index contributed by atoms with van der Waals surface area (Å²) in [6.45, 7) is 2.34. The first-order valence-electron chi connectivity index (χ1n) is 23.1. The maximum absolute atomic E-state index is 14.2. The van der Waals surface area contributed by atoms with E-state index in [1.54, 1.807) is 0 Å². The van der Waals surface area contributed by atoms with Gasteiger partial charge in [0.2, 0.25) is 11.8 Å². The van der Waals surface area contributed by atoms with Gasteiger partial charge in [-0.1, -0.05) is 72.8 Å². The molecule has 0 unspecified atom stereocenters. The number of carbonyl (C=O) groups is 4. The Morgan fingerprint density at radius 3 is 2.17 bits per heavy atom. The zero-order chi connectivity index (χ0) is 45.3. The Morgan fingerprint density at radius 1 is 0.758 bits per heavy atom. The van der Waals surface area contributed by atoms with Crippen LogP contribution in [0, 0.1) is 5.92 Å². The second-order valence-electron chi connectivity index (χ2n) is 17.9. The second-order valence-corrected chi connectivity index (χ2v) is 17.9. The molecule has 5 heterocycles. The number of aliphatic imine (C=N–C) groups is 1. The fourth-order valence-corrected chi connectivity index (χ4v) is 10.6. The van der Waals surface area contributed by atoms with Crippen LogP contribution in [0.25, 0.3) is 43.9 Å². The van der Waals surface area contributed by atoms with Gasteiger partial charge in [-0.3, -0.25) is 19.4 Å². The highest BCUT2D eigenvalue weighted by atomic mass is 16.5. The molecule has 13 heteroatoms. The van der Waals surface area contributed by atoms with Crippen molar-refractivity contribution in [2.75, 3.05) is 40.5 Å². The number of alkyl carbamates (subject to hydrolysis) is 1. The van der Waals surface area contributed by atoms with E-state index in [-0.39, 0.29) is 36.2 Å². The molecule has 0 bridgehead atoms. The van der Waals surface area contributed by atoms with Gasteiger partial charge in [-0.05, 0) is 113 Å². The molecule has 0 saturated carbocycles. The smallest absolute Gasteiger partial charge is 0.407 e. The lowest BCUT2D eigenvalue weighted by Crippen LogP contribution is -2.53. The summed E-state index contributed by atoms with van der Waals surface area (Å²) >= 11 is 0. The second kappa shape index (κ2) is 18.6. The number of methoxy groups -OCH3 is 2. The lowest BCUT2D eigenvalue weighted by atomic mass is 9.90. The minimum Gasteiger partial charge on any atom is -0.469 e. The van der Waals surface area contributed by atoms with Crippen LogP contribution in [0.1, 0.15) is 73.9 Å². The van der Waals surface area contributed by atoms with E-state index in [0.717, 1.165) is 92.4 Å². The third-order valence-corrected chi connectivity index (χ3v) is 14.1. The number of amides is 3. The van der Waals surface area contributed by atoms with Crippen LogP contribution in [0.2, 0.25) is 0 Å². The van der Waals surface area contributed by atoms with Crippen molar-refractivity contribution < 1.29 is 33.4 Å². The van der Waals surface area contributed by atoms with Gasteiger partial charge in [-0.2, -0.15) is 0 Å². The third kappa shape index (κ3) is 8.43. The summed E-state index contributed by atoms with van der Waals surface area (Å²) in [6, 6.07) is 32.3. The van der Waals surface area contributed by atoms with E-state index in [1.165, 1.54) is 19.8 Å². The van der Waals surface area contributed by atoms with Crippen LogP contribution in [0.5, 0.6) is 0 Å². The molecule has 66 heavy (non-hydrogen) atoms. The summed E-state index contributed by atoms with van der Waals surface area (Å²) in [5, 5.41) is 7.33. The average molecular weight is 887 g/mol. The number of aromatic amines is 1. The lowest BCUT2D eigenvalue weighted by molar-refractivity contribution is -0.144. The van der Waals surface area contributed by atoms with Crippen LogP contribution < -0.4 is 5.32 Å². The number of nitrogens with zero attached hydrogens (tertiary/aromatic N) is 4. The van der Waals surface area contributed by atoms with Gasteiger partial charge in [0.25, 0.3) is 0 Å². The van der Waals surface area contributed by atoms with E-state index in [9.17, 15) is 19.2 Å². The Labute approximate surface area is 383 Å². The van der Waals surface area contributed by atoms with Crippen molar-refractivity contribution >= 4 is 56.8 Å². The van der Waals surface area contributed by atoms with Crippen LogP contribution in [-0.4, -0.2) is 102 Å². The molecule has 4 aliphatic heterocycles. The number of H-pyrrole nitrogens is 1. The van der Waals surface area contributed by atoms with Crippen LogP contribution >= 0.6 is 0 Å². The number of aromatic nitrogens is 2. The molecule has 5 aromatic carbocycles. The van der Waals surface area contributed by atoms with E-state index < -0.39 is 24.0 Å². The Balaban J connectivity index is 0.834. The number of hydrogen-bond donors (Lipinski definition) is 2. The highest BCUT2D eigenvalue weighted by molar-refractivity contribution is 6.06. The minimum absolute atomic E-state index is 0.00316. The molecule has 0 radical (unpaired) electrons. The first-order valence-corrected chi connectivity index (χ1v) is 23.1. The number of fused-ring (bicyclic) bond motifs is 4. The number of carbonyl (C=O) groups excluding carboxylic acids is 4. The van der Waals surface area contributed by atoms with Crippen LogP contribution in [0.3, 0.4) is 0 Å². The zero-order valence-corrected chi connectivity index (χ0v) is 37.3. The number of esters is 1. The van der Waals surface area contributed by atoms with Crippen molar-refractivity contribution in [1.29, 1.82) is 0 Å². The largest absolute Gasteiger partial charge is 0.469 e. The normalized spacial score (nSPS) is 19.4. The maximum Gasteiger partial charge on any atom is 0.407 e. The minimum atomic E-state index is -0.685. The lowest BCUT2D eigenvalue weighted by Gasteiger charge is -2.34. The van der Waals surface area contributed by atoms with Crippen LogP contribution in [-0.2, 0) is 35.0 Å². The first-order chi connectivity index (χ1) is 32.3. The topological polar surface area (TPSA) is 156 Å². The van der Waals surface area contributed by atoms with Crippen molar-refractivity contribution in [2.45, 2.75) is 75.4 Å². The van der Waals surface area contributed by atoms with E-state index >= 15 is 0 Å².